The number of hydrogen-bond donors (Lipinski definition) is 0. The van der Waals surface area contributed by atoms with Gasteiger partial charge in [-0.1, -0.05) is 19.1 Å². The van der Waals surface area contributed by atoms with Crippen LogP contribution < -0.4 is 0 Å². The molecule has 5 heteroatoms. The summed E-state index contributed by atoms with van der Waals surface area (Å²) in [5, 5.41) is 0. The second-order valence-electron chi connectivity index (χ2n) is 5.79. The maximum atomic E-state index is 11.7. The van der Waals surface area contributed by atoms with E-state index in [0.717, 1.165) is 0 Å². The van der Waals surface area contributed by atoms with E-state index in [0.29, 0.717) is 19.6 Å². The first-order chi connectivity index (χ1) is 9.17. The molecule has 1 unspecified atom stereocenters. The van der Waals surface area contributed by atoms with E-state index in [1.807, 2.05) is 33.8 Å². The van der Waals surface area contributed by atoms with Crippen LogP contribution in [0, 0.1) is 5.92 Å². The Kier molecular flexibility index (Phi) is 7.96. The summed E-state index contributed by atoms with van der Waals surface area (Å²) in [6.45, 7) is 9.87. The van der Waals surface area contributed by atoms with Crippen LogP contribution in [-0.4, -0.2) is 42.8 Å². The highest BCUT2D eigenvalue weighted by Crippen LogP contribution is 2.11. The molecular formula is C15H27NO4. The molecule has 116 valence electrons. The van der Waals surface area contributed by atoms with E-state index in [-0.39, 0.29) is 18.0 Å². The van der Waals surface area contributed by atoms with Gasteiger partial charge in [-0.05, 0) is 34.1 Å². The quantitative estimate of drug-likeness (QED) is 0.556. The smallest absolute Gasteiger partial charge is 0.410 e. The zero-order valence-corrected chi connectivity index (χ0v) is 13.4. The van der Waals surface area contributed by atoms with Gasteiger partial charge in [0, 0.05) is 13.6 Å². The molecule has 0 bridgehead atoms. The molecule has 0 heterocycles. The number of nitrogens with zero attached hydrogens (tertiary/aromatic N) is 1. The SMILES string of the molecule is C/C=C/COC(=O)C(C)CCN(C)C(=O)OC(C)(C)C. The monoisotopic (exact) mass is 285 g/mol. The lowest BCUT2D eigenvalue weighted by atomic mass is 10.1. The summed E-state index contributed by atoms with van der Waals surface area (Å²) in [6, 6.07) is 0. The van der Waals surface area contributed by atoms with Crippen molar-refractivity contribution >= 4 is 12.1 Å². The Morgan fingerprint density at radius 1 is 1.30 bits per heavy atom. The van der Waals surface area contributed by atoms with Gasteiger partial charge in [0.05, 0.1) is 5.92 Å². The third-order valence-electron chi connectivity index (χ3n) is 2.56. The van der Waals surface area contributed by atoms with Crippen molar-refractivity contribution < 1.29 is 19.1 Å². The summed E-state index contributed by atoms with van der Waals surface area (Å²) in [6.07, 6.45) is 3.77. The molecule has 0 fully saturated rings. The van der Waals surface area contributed by atoms with Gasteiger partial charge in [0.25, 0.3) is 0 Å². The molecule has 0 aromatic rings. The normalized spacial score (nSPS) is 13.1. The maximum absolute atomic E-state index is 11.7. The van der Waals surface area contributed by atoms with E-state index in [1.54, 1.807) is 20.0 Å². The van der Waals surface area contributed by atoms with Crippen LogP contribution in [-0.2, 0) is 14.3 Å². The average molecular weight is 285 g/mol. The van der Waals surface area contributed by atoms with Crippen LogP contribution in [0.1, 0.15) is 41.0 Å². The number of rotatable bonds is 6. The Bertz CT molecular complexity index is 344. The van der Waals surface area contributed by atoms with Crippen LogP contribution >= 0.6 is 0 Å². The zero-order chi connectivity index (χ0) is 15.8. The molecule has 0 radical (unpaired) electrons. The fraction of sp³-hybridized carbons (Fsp3) is 0.733. The Balaban J connectivity index is 4.07. The molecule has 0 spiro atoms. The first kappa shape index (κ1) is 18.5. The topological polar surface area (TPSA) is 55.8 Å². The standard InChI is InChI=1S/C15H27NO4/c1-7-8-11-19-13(17)12(2)9-10-16(6)14(18)20-15(3,4)5/h7-8,12H,9-11H2,1-6H3/b8-7+. The first-order valence-corrected chi connectivity index (χ1v) is 6.89. The van der Waals surface area contributed by atoms with E-state index >= 15 is 0 Å². The fourth-order valence-corrected chi connectivity index (χ4v) is 1.31. The molecule has 1 atom stereocenters. The van der Waals surface area contributed by atoms with Gasteiger partial charge >= 0.3 is 12.1 Å². The summed E-state index contributed by atoms with van der Waals surface area (Å²) in [4.78, 5) is 24.8. The number of carbonyl (C=O) groups is 2. The maximum Gasteiger partial charge on any atom is 0.410 e. The molecule has 0 saturated carbocycles. The van der Waals surface area contributed by atoms with Crippen LogP contribution in [0.15, 0.2) is 12.2 Å². The molecule has 0 aromatic carbocycles. The Labute approximate surface area is 121 Å². The lowest BCUT2D eigenvalue weighted by molar-refractivity contribution is -0.147. The predicted molar refractivity (Wildman–Crippen MR) is 78.4 cm³/mol. The first-order valence-electron chi connectivity index (χ1n) is 6.89. The molecule has 0 aromatic heterocycles. The zero-order valence-electron chi connectivity index (χ0n) is 13.4. The molecule has 0 aliphatic rings. The minimum atomic E-state index is -0.512. The number of esters is 1. The van der Waals surface area contributed by atoms with Crippen molar-refractivity contribution in [2.45, 2.75) is 46.6 Å². The van der Waals surface area contributed by atoms with Gasteiger partial charge in [0.15, 0.2) is 0 Å². The van der Waals surface area contributed by atoms with Crippen molar-refractivity contribution in [3.05, 3.63) is 12.2 Å². The van der Waals surface area contributed by atoms with E-state index in [2.05, 4.69) is 0 Å². The highest BCUT2D eigenvalue weighted by Gasteiger charge is 2.21. The Morgan fingerprint density at radius 3 is 2.40 bits per heavy atom. The Morgan fingerprint density at radius 2 is 1.90 bits per heavy atom. The molecule has 1 amide bonds. The highest BCUT2D eigenvalue weighted by molar-refractivity contribution is 5.72. The number of carbonyl (C=O) groups excluding carboxylic acids is 2. The number of ether oxygens (including phenoxy) is 2. The molecular weight excluding hydrogens is 258 g/mol. The molecule has 0 saturated heterocycles. The van der Waals surface area contributed by atoms with Gasteiger partial charge in [-0.25, -0.2) is 4.79 Å². The summed E-state index contributed by atoms with van der Waals surface area (Å²) < 4.78 is 10.3. The summed E-state index contributed by atoms with van der Waals surface area (Å²) in [5.74, 6) is -0.495. The molecule has 5 nitrogen and oxygen atoms in total. The lowest BCUT2D eigenvalue weighted by Gasteiger charge is -2.25. The van der Waals surface area contributed by atoms with Crippen molar-refractivity contribution in [2.24, 2.45) is 5.92 Å². The molecule has 0 N–H and O–H groups in total. The third kappa shape index (κ3) is 8.56. The third-order valence-corrected chi connectivity index (χ3v) is 2.56. The van der Waals surface area contributed by atoms with Crippen molar-refractivity contribution in [1.82, 2.24) is 4.90 Å². The van der Waals surface area contributed by atoms with Gasteiger partial charge in [-0.2, -0.15) is 0 Å². The molecule has 20 heavy (non-hydrogen) atoms. The van der Waals surface area contributed by atoms with Gasteiger partial charge in [0.1, 0.15) is 12.2 Å². The number of allylic oxidation sites excluding steroid dienone is 1. The van der Waals surface area contributed by atoms with E-state index in [9.17, 15) is 9.59 Å². The van der Waals surface area contributed by atoms with Gasteiger partial charge in [0.2, 0.25) is 0 Å². The van der Waals surface area contributed by atoms with Crippen LogP contribution in [0.3, 0.4) is 0 Å². The number of hydrogen-bond acceptors (Lipinski definition) is 4. The molecule has 0 aliphatic heterocycles. The van der Waals surface area contributed by atoms with Crippen LogP contribution in [0.25, 0.3) is 0 Å². The van der Waals surface area contributed by atoms with Crippen LogP contribution in [0.5, 0.6) is 0 Å². The fourth-order valence-electron chi connectivity index (χ4n) is 1.31. The minimum absolute atomic E-state index is 0.245. The average Bonchev–Trinajstić information content (AvgIpc) is 2.33. The van der Waals surface area contributed by atoms with Crippen LogP contribution in [0.4, 0.5) is 4.79 Å². The predicted octanol–water partition coefficient (Wildman–Crippen LogP) is 3.00. The highest BCUT2D eigenvalue weighted by atomic mass is 16.6. The van der Waals surface area contributed by atoms with Crippen molar-refractivity contribution in [3.63, 3.8) is 0 Å². The number of amides is 1. The van der Waals surface area contributed by atoms with E-state index < -0.39 is 5.60 Å². The second kappa shape index (κ2) is 8.61. The lowest BCUT2D eigenvalue weighted by Crippen LogP contribution is -2.35. The van der Waals surface area contributed by atoms with Gasteiger partial charge < -0.3 is 14.4 Å². The van der Waals surface area contributed by atoms with Gasteiger partial charge in [-0.3, -0.25) is 4.79 Å². The molecule has 0 rings (SSSR count). The summed E-state index contributed by atoms with van der Waals surface area (Å²) >= 11 is 0. The van der Waals surface area contributed by atoms with Gasteiger partial charge in [-0.15, -0.1) is 0 Å². The Hall–Kier alpha value is -1.52. The minimum Gasteiger partial charge on any atom is -0.461 e. The van der Waals surface area contributed by atoms with E-state index in [4.69, 9.17) is 9.47 Å². The molecule has 0 aliphatic carbocycles. The second-order valence-corrected chi connectivity index (χ2v) is 5.79. The van der Waals surface area contributed by atoms with Crippen molar-refractivity contribution in [3.8, 4) is 0 Å². The van der Waals surface area contributed by atoms with Crippen molar-refractivity contribution in [2.75, 3.05) is 20.2 Å². The largest absolute Gasteiger partial charge is 0.461 e. The van der Waals surface area contributed by atoms with Crippen LogP contribution in [0.2, 0.25) is 0 Å². The van der Waals surface area contributed by atoms with Crippen molar-refractivity contribution in [1.29, 1.82) is 0 Å². The summed E-state index contributed by atoms with van der Waals surface area (Å²) in [5.41, 5.74) is -0.512. The van der Waals surface area contributed by atoms with E-state index in [1.165, 1.54) is 4.90 Å². The summed E-state index contributed by atoms with van der Waals surface area (Å²) in [7, 11) is 1.66.